The summed E-state index contributed by atoms with van der Waals surface area (Å²) < 4.78 is 9.79. The van der Waals surface area contributed by atoms with Crippen molar-refractivity contribution in [1.29, 1.82) is 0 Å². The zero-order valence-corrected chi connectivity index (χ0v) is 19.7. The average Bonchev–Trinajstić information content (AvgIpc) is 2.86. The van der Waals surface area contributed by atoms with E-state index in [1.54, 1.807) is 32.0 Å². The van der Waals surface area contributed by atoms with Crippen LogP contribution in [0.1, 0.15) is 25.6 Å². The van der Waals surface area contributed by atoms with Gasteiger partial charge in [0.05, 0.1) is 14.2 Å². The van der Waals surface area contributed by atoms with Crippen molar-refractivity contribution in [2.45, 2.75) is 36.1 Å². The number of ether oxygens (including phenoxy) is 2. The van der Waals surface area contributed by atoms with Crippen LogP contribution >= 0.6 is 11.8 Å². The van der Waals surface area contributed by atoms with Gasteiger partial charge >= 0.3 is 57.4 Å². The number of carbonyl (C=O) groups excluding carboxylic acids is 2. The van der Waals surface area contributed by atoms with Crippen LogP contribution in [0.2, 0.25) is 0 Å². The Morgan fingerprint density at radius 3 is 2.30 bits per heavy atom. The molecule has 2 saturated heterocycles. The van der Waals surface area contributed by atoms with E-state index in [1.165, 1.54) is 30.9 Å². The molecular formula is C17H21KN2O6S. The van der Waals surface area contributed by atoms with Crippen molar-refractivity contribution < 1.29 is 81.8 Å². The molecular weight excluding hydrogens is 399 g/mol. The maximum Gasteiger partial charge on any atom is 1.00 e. The Hall–Kier alpha value is -0.784. The molecule has 2 fully saturated rings. The van der Waals surface area contributed by atoms with E-state index < -0.39 is 40.0 Å². The Balaban J connectivity index is 0.00000196. The van der Waals surface area contributed by atoms with Gasteiger partial charge in [-0.25, -0.2) is 4.79 Å². The number of nitrogens with zero attached hydrogens (tertiary/aromatic N) is 1. The van der Waals surface area contributed by atoms with Crippen LogP contribution in [0.25, 0.3) is 0 Å². The van der Waals surface area contributed by atoms with Crippen molar-refractivity contribution in [2.75, 3.05) is 14.2 Å². The zero-order valence-electron chi connectivity index (χ0n) is 16.8. The summed E-state index contributed by atoms with van der Waals surface area (Å²) in [5, 5.41) is 11.7. The molecule has 0 unspecified atom stereocenters. The van der Waals surface area contributed by atoms with E-state index in [0.717, 1.165) is 0 Å². The fourth-order valence-electron chi connectivity index (χ4n) is 3.43. The first-order valence-electron chi connectivity index (χ1n) is 7.97. The largest absolute Gasteiger partial charge is 1.00 e. The van der Waals surface area contributed by atoms with Crippen LogP contribution in [0, 0.1) is 0 Å². The summed E-state index contributed by atoms with van der Waals surface area (Å²) in [5.41, 5.74) is 0.195. The van der Waals surface area contributed by atoms with Crippen molar-refractivity contribution in [3.63, 3.8) is 0 Å². The number of carboxylic acids is 1. The number of carboxylic acid groups (broad SMARTS) is 1. The zero-order chi connectivity index (χ0) is 19.2. The van der Waals surface area contributed by atoms with Gasteiger partial charge in [0.1, 0.15) is 34.5 Å². The molecule has 3 atom stereocenters. The summed E-state index contributed by atoms with van der Waals surface area (Å²) in [6.45, 7) is 3.56. The smallest absolute Gasteiger partial charge is 1.00 e. The number of nitrogens with one attached hydrogen (secondary N) is 1. The second-order valence-corrected chi connectivity index (χ2v) is 8.36. The average molecular weight is 421 g/mol. The van der Waals surface area contributed by atoms with Crippen molar-refractivity contribution >= 4 is 29.5 Å². The van der Waals surface area contributed by atoms with Crippen LogP contribution in [-0.2, 0) is 9.59 Å². The molecule has 0 spiro atoms. The second kappa shape index (κ2) is 8.30. The molecule has 1 aromatic carbocycles. The first-order chi connectivity index (χ1) is 12.2. The van der Waals surface area contributed by atoms with Gasteiger partial charge in [0, 0.05) is 4.75 Å². The fourth-order valence-corrected chi connectivity index (χ4v) is 5.06. The van der Waals surface area contributed by atoms with Gasteiger partial charge in [-0.05, 0) is 26.0 Å². The van der Waals surface area contributed by atoms with Gasteiger partial charge in [-0.15, -0.1) is 11.8 Å². The molecule has 2 heterocycles. The molecule has 0 bridgehead atoms. The molecule has 0 radical (unpaired) electrons. The Bertz CT molecular complexity index is 771. The molecule has 0 saturated carbocycles. The number of benzene rings is 1. The molecule has 8 nitrogen and oxygen atoms in total. The van der Waals surface area contributed by atoms with Gasteiger partial charge in [-0.1, -0.05) is 6.07 Å². The number of hydrogen-bond donors (Lipinski definition) is 2. The Labute approximate surface area is 205 Å². The molecule has 27 heavy (non-hydrogen) atoms. The van der Waals surface area contributed by atoms with E-state index in [4.69, 9.17) is 9.47 Å². The normalized spacial score (nSPS) is 25.0. The number of carbonyl (C=O) groups is 3. The van der Waals surface area contributed by atoms with Gasteiger partial charge in [0.2, 0.25) is 5.91 Å². The predicted octanol–water partition coefficient (Wildman–Crippen LogP) is -1.93. The summed E-state index contributed by atoms with van der Waals surface area (Å²) in [6.07, 6.45) is 0. The van der Waals surface area contributed by atoms with E-state index in [0.29, 0.717) is 11.5 Å². The summed E-state index contributed by atoms with van der Waals surface area (Å²) >= 11 is 1.37. The van der Waals surface area contributed by atoms with Crippen LogP contribution in [-0.4, -0.2) is 64.2 Å². The summed E-state index contributed by atoms with van der Waals surface area (Å²) in [7, 11) is 2.88. The third-order valence-electron chi connectivity index (χ3n) is 4.62. The fraction of sp³-hybridized carbons (Fsp3) is 0.471. The molecule has 0 aromatic heterocycles. The minimum absolute atomic E-state index is 0. The van der Waals surface area contributed by atoms with Crippen LogP contribution < -0.4 is 66.2 Å². The van der Waals surface area contributed by atoms with Crippen LogP contribution in [0.15, 0.2) is 18.2 Å². The Kier molecular flexibility index (Phi) is 6.92. The molecule has 2 amide bonds. The third kappa shape index (κ3) is 3.75. The van der Waals surface area contributed by atoms with Crippen molar-refractivity contribution in [3.8, 4) is 11.5 Å². The van der Waals surface area contributed by atoms with E-state index >= 15 is 0 Å². The number of thioether (sulfide) groups is 1. The first-order valence-corrected chi connectivity index (χ1v) is 8.85. The van der Waals surface area contributed by atoms with Crippen molar-refractivity contribution in [3.05, 3.63) is 23.8 Å². The molecule has 3 rings (SSSR count). The SMILES string of the molecule is COc1cccc(OC)c1C(=O)N[C@@H]1C(=O)N2[C@@H]1SC(C)(C)[C@@H]2C(=O)O.[H-].[K+]. The number of hydrogen-bond acceptors (Lipinski definition) is 6. The van der Waals surface area contributed by atoms with Crippen molar-refractivity contribution in [2.24, 2.45) is 0 Å². The first kappa shape index (κ1) is 22.5. The number of amides is 2. The molecule has 142 valence electrons. The van der Waals surface area contributed by atoms with Crippen LogP contribution in [0.5, 0.6) is 11.5 Å². The third-order valence-corrected chi connectivity index (χ3v) is 6.19. The van der Waals surface area contributed by atoms with Crippen LogP contribution in [0.3, 0.4) is 0 Å². The monoisotopic (exact) mass is 420 g/mol. The number of aliphatic carboxylic acids is 1. The van der Waals surface area contributed by atoms with E-state index in [2.05, 4.69) is 5.32 Å². The quantitative estimate of drug-likeness (QED) is 0.422. The van der Waals surface area contributed by atoms with Gasteiger partial charge in [-0.2, -0.15) is 0 Å². The molecule has 2 aliphatic rings. The predicted molar refractivity (Wildman–Crippen MR) is 95.6 cm³/mol. The van der Waals surface area contributed by atoms with E-state index in [1.807, 2.05) is 0 Å². The Morgan fingerprint density at radius 2 is 1.81 bits per heavy atom. The van der Waals surface area contributed by atoms with Crippen LogP contribution in [0.4, 0.5) is 0 Å². The number of rotatable bonds is 5. The maximum absolute atomic E-state index is 12.8. The molecule has 10 heteroatoms. The van der Waals surface area contributed by atoms with Gasteiger partial charge in [0.25, 0.3) is 5.91 Å². The van der Waals surface area contributed by atoms with Crippen molar-refractivity contribution in [1.82, 2.24) is 10.2 Å². The number of β-lactam (4-membered cyclic amide) rings is 1. The molecule has 2 N–H and O–H groups in total. The van der Waals surface area contributed by atoms with Gasteiger partial charge in [0.15, 0.2) is 0 Å². The van der Waals surface area contributed by atoms with Gasteiger partial charge < -0.3 is 26.2 Å². The maximum atomic E-state index is 12.8. The van der Waals surface area contributed by atoms with E-state index in [9.17, 15) is 19.5 Å². The number of fused-ring (bicyclic) bond motifs is 1. The second-order valence-electron chi connectivity index (χ2n) is 6.59. The summed E-state index contributed by atoms with van der Waals surface area (Å²) in [6, 6.07) is 3.24. The molecule has 2 aliphatic heterocycles. The minimum Gasteiger partial charge on any atom is -1.00 e. The minimum atomic E-state index is -1.05. The summed E-state index contributed by atoms with van der Waals surface area (Å²) in [4.78, 5) is 38.1. The topological polar surface area (TPSA) is 105 Å². The molecule has 0 aliphatic carbocycles. The standard InChI is InChI=1S/C17H20N2O6S.K.H/c1-17(2)12(16(22)23)19-14(21)11(15(19)26-17)18-13(20)10-8(24-3)6-5-7-9(10)25-4;;/h5-7,11-12,15H,1-4H3,(H,18,20)(H,22,23);;/q;+1;-1/t11-,12+,15-;;/m1../s1. The molecule has 1 aromatic rings. The Morgan fingerprint density at radius 1 is 1.26 bits per heavy atom. The summed E-state index contributed by atoms with van der Waals surface area (Å²) in [5.74, 6) is -1.30. The van der Waals surface area contributed by atoms with E-state index in [-0.39, 0.29) is 58.4 Å². The van der Waals surface area contributed by atoms with Gasteiger partial charge in [-0.3, -0.25) is 9.59 Å². The number of methoxy groups -OCH3 is 2.